The lowest BCUT2D eigenvalue weighted by molar-refractivity contribution is -0.111. The van der Waals surface area contributed by atoms with Gasteiger partial charge in [0.2, 0.25) is 5.91 Å². The maximum Gasteiger partial charge on any atom is 0.256 e. The highest BCUT2D eigenvalue weighted by atomic mass is 35.5. The van der Waals surface area contributed by atoms with Crippen LogP contribution in [0.3, 0.4) is 0 Å². The van der Waals surface area contributed by atoms with Gasteiger partial charge in [-0.05, 0) is 48.0 Å². The van der Waals surface area contributed by atoms with Gasteiger partial charge in [0.25, 0.3) is 5.91 Å². The predicted molar refractivity (Wildman–Crippen MR) is 130 cm³/mol. The van der Waals surface area contributed by atoms with Gasteiger partial charge < -0.3 is 15.1 Å². The fourth-order valence-electron chi connectivity index (χ4n) is 3.68. The van der Waals surface area contributed by atoms with Crippen molar-refractivity contribution in [3.63, 3.8) is 0 Å². The van der Waals surface area contributed by atoms with Crippen LogP contribution in [0.5, 0.6) is 0 Å². The maximum absolute atomic E-state index is 13.2. The molecule has 1 aliphatic heterocycles. The first-order valence-corrected chi connectivity index (χ1v) is 10.9. The molecule has 0 aromatic heterocycles. The van der Waals surface area contributed by atoms with Gasteiger partial charge in [-0.1, -0.05) is 54.1 Å². The molecule has 2 amide bonds. The molecule has 0 atom stereocenters. The number of halogens is 1. The molecule has 6 heteroatoms. The normalized spacial score (nSPS) is 13.9. The lowest BCUT2D eigenvalue weighted by Crippen LogP contribution is -2.48. The number of piperazine rings is 1. The average Bonchev–Trinajstić information content (AvgIpc) is 2.84. The maximum atomic E-state index is 13.2. The summed E-state index contributed by atoms with van der Waals surface area (Å²) in [5.74, 6) is -0.371. The molecule has 3 aromatic carbocycles. The van der Waals surface area contributed by atoms with Crippen LogP contribution in [0.2, 0.25) is 5.02 Å². The van der Waals surface area contributed by atoms with Crippen LogP contribution in [-0.2, 0) is 4.79 Å². The van der Waals surface area contributed by atoms with Crippen LogP contribution in [0, 0.1) is 0 Å². The fourth-order valence-corrected chi connectivity index (χ4v) is 3.80. The minimum atomic E-state index is -0.297. The van der Waals surface area contributed by atoms with Gasteiger partial charge in [0.15, 0.2) is 0 Å². The summed E-state index contributed by atoms with van der Waals surface area (Å²) in [5, 5.41) is 3.48. The van der Waals surface area contributed by atoms with E-state index in [1.54, 1.807) is 30.3 Å². The fraction of sp³-hybridized carbons (Fsp3) is 0.154. The first-order valence-electron chi connectivity index (χ1n) is 10.5. The Hall–Kier alpha value is -3.57. The molecule has 5 nitrogen and oxygen atoms in total. The Kier molecular flexibility index (Phi) is 6.87. The summed E-state index contributed by atoms with van der Waals surface area (Å²) in [7, 11) is 0. The molecule has 4 rings (SSSR count). The Morgan fingerprint density at radius 2 is 1.47 bits per heavy atom. The van der Waals surface area contributed by atoms with Crippen LogP contribution in [0.25, 0.3) is 6.08 Å². The second-order valence-electron chi connectivity index (χ2n) is 7.53. The van der Waals surface area contributed by atoms with Gasteiger partial charge in [0.1, 0.15) is 0 Å². The van der Waals surface area contributed by atoms with E-state index in [4.69, 9.17) is 11.6 Å². The van der Waals surface area contributed by atoms with E-state index in [0.29, 0.717) is 29.4 Å². The van der Waals surface area contributed by atoms with Gasteiger partial charge in [0.05, 0.1) is 11.3 Å². The van der Waals surface area contributed by atoms with Crippen LogP contribution < -0.4 is 10.2 Å². The number of anilines is 2. The third-order valence-corrected chi connectivity index (χ3v) is 5.65. The van der Waals surface area contributed by atoms with Crippen molar-refractivity contribution >= 4 is 40.9 Å². The first-order chi connectivity index (χ1) is 15.6. The number of benzene rings is 3. The molecule has 3 aromatic rings. The largest absolute Gasteiger partial charge is 0.368 e. The number of nitrogens with zero attached hydrogens (tertiary/aromatic N) is 2. The van der Waals surface area contributed by atoms with Crippen LogP contribution in [0.4, 0.5) is 11.4 Å². The zero-order chi connectivity index (χ0) is 22.3. The van der Waals surface area contributed by atoms with Crippen molar-refractivity contribution in [3.05, 3.63) is 101 Å². The molecule has 0 unspecified atom stereocenters. The Balaban J connectivity index is 1.40. The number of nitrogens with one attached hydrogen (secondary N) is 1. The number of para-hydroxylation sites is 2. The van der Waals surface area contributed by atoms with E-state index < -0.39 is 0 Å². The summed E-state index contributed by atoms with van der Waals surface area (Å²) >= 11 is 5.89. The predicted octanol–water partition coefficient (Wildman–Crippen LogP) is 4.95. The SMILES string of the molecule is O=C(/C=C/c1ccc(Cl)cc1)Nc1ccccc1C(=O)N1CCN(c2ccccc2)CC1. The number of hydrogen-bond acceptors (Lipinski definition) is 3. The summed E-state index contributed by atoms with van der Waals surface area (Å²) in [4.78, 5) is 29.7. The smallest absolute Gasteiger partial charge is 0.256 e. The van der Waals surface area contributed by atoms with E-state index >= 15 is 0 Å². The molecular weight excluding hydrogens is 422 g/mol. The summed E-state index contributed by atoms with van der Waals surface area (Å²) in [5.41, 5.74) is 3.03. The van der Waals surface area contributed by atoms with Crippen LogP contribution in [0.15, 0.2) is 84.9 Å². The highest BCUT2D eigenvalue weighted by Gasteiger charge is 2.24. The summed E-state index contributed by atoms with van der Waals surface area (Å²) in [6.07, 6.45) is 3.15. The Morgan fingerprint density at radius 3 is 2.19 bits per heavy atom. The standard InChI is InChI=1S/C26H24ClN3O2/c27-21-13-10-20(11-14-21)12-15-25(31)28-24-9-5-4-8-23(24)26(32)30-18-16-29(17-19-30)22-6-2-1-3-7-22/h1-15H,16-19H2,(H,28,31)/b15-12+. The number of carbonyl (C=O) groups excluding carboxylic acids is 2. The molecule has 1 heterocycles. The molecule has 162 valence electrons. The van der Waals surface area contributed by atoms with Crippen LogP contribution in [0.1, 0.15) is 15.9 Å². The van der Waals surface area contributed by atoms with E-state index in [1.165, 1.54) is 11.8 Å². The molecule has 0 bridgehead atoms. The average molecular weight is 446 g/mol. The van der Waals surface area contributed by atoms with E-state index in [0.717, 1.165) is 18.7 Å². The van der Waals surface area contributed by atoms with Gasteiger partial charge in [-0.2, -0.15) is 0 Å². The van der Waals surface area contributed by atoms with E-state index in [2.05, 4.69) is 22.3 Å². The topological polar surface area (TPSA) is 52.7 Å². The van der Waals surface area contributed by atoms with Gasteiger partial charge in [-0.25, -0.2) is 0 Å². The second-order valence-corrected chi connectivity index (χ2v) is 7.97. The Labute approximate surface area is 192 Å². The Bertz CT molecular complexity index is 1110. The monoisotopic (exact) mass is 445 g/mol. The molecule has 0 aliphatic carbocycles. The van der Waals surface area contributed by atoms with Gasteiger partial charge in [0, 0.05) is 43.0 Å². The van der Waals surface area contributed by atoms with Gasteiger partial charge in [-0.3, -0.25) is 9.59 Å². The van der Waals surface area contributed by atoms with E-state index in [-0.39, 0.29) is 11.8 Å². The van der Waals surface area contributed by atoms with E-state index in [1.807, 2.05) is 47.4 Å². The van der Waals surface area contributed by atoms with Crippen molar-refractivity contribution in [2.24, 2.45) is 0 Å². The van der Waals surface area contributed by atoms with Crippen molar-refractivity contribution < 1.29 is 9.59 Å². The minimum absolute atomic E-state index is 0.0738. The third kappa shape index (κ3) is 5.37. The molecule has 0 saturated carbocycles. The van der Waals surface area contributed by atoms with Crippen molar-refractivity contribution in [3.8, 4) is 0 Å². The van der Waals surface area contributed by atoms with Crippen molar-refractivity contribution in [2.45, 2.75) is 0 Å². The van der Waals surface area contributed by atoms with E-state index in [9.17, 15) is 9.59 Å². The lowest BCUT2D eigenvalue weighted by Gasteiger charge is -2.36. The molecule has 32 heavy (non-hydrogen) atoms. The summed E-state index contributed by atoms with van der Waals surface area (Å²) < 4.78 is 0. The minimum Gasteiger partial charge on any atom is -0.368 e. The quantitative estimate of drug-likeness (QED) is 0.565. The molecule has 1 saturated heterocycles. The van der Waals surface area contributed by atoms with Crippen LogP contribution >= 0.6 is 11.6 Å². The first kappa shape index (κ1) is 21.7. The van der Waals surface area contributed by atoms with Gasteiger partial charge >= 0.3 is 0 Å². The molecule has 1 aliphatic rings. The number of carbonyl (C=O) groups is 2. The number of amides is 2. The summed E-state index contributed by atoms with van der Waals surface area (Å²) in [6.45, 7) is 2.81. The zero-order valence-corrected chi connectivity index (χ0v) is 18.3. The molecular formula is C26H24ClN3O2. The lowest BCUT2D eigenvalue weighted by atomic mass is 10.1. The molecule has 1 N–H and O–H groups in total. The highest BCUT2D eigenvalue weighted by molar-refractivity contribution is 6.30. The number of rotatable bonds is 5. The summed E-state index contributed by atoms with van der Waals surface area (Å²) in [6, 6.07) is 24.5. The second kappa shape index (κ2) is 10.2. The van der Waals surface area contributed by atoms with Crippen molar-refractivity contribution in [1.82, 2.24) is 4.90 Å². The zero-order valence-electron chi connectivity index (χ0n) is 17.6. The molecule has 0 radical (unpaired) electrons. The Morgan fingerprint density at radius 1 is 0.812 bits per heavy atom. The highest BCUT2D eigenvalue weighted by Crippen LogP contribution is 2.21. The van der Waals surface area contributed by atoms with Gasteiger partial charge in [-0.15, -0.1) is 0 Å². The molecule has 0 spiro atoms. The number of hydrogen-bond donors (Lipinski definition) is 1. The third-order valence-electron chi connectivity index (χ3n) is 5.40. The molecule has 1 fully saturated rings. The van der Waals surface area contributed by atoms with Crippen molar-refractivity contribution in [2.75, 3.05) is 36.4 Å². The van der Waals surface area contributed by atoms with Crippen molar-refractivity contribution in [1.29, 1.82) is 0 Å². The van der Waals surface area contributed by atoms with Crippen LogP contribution in [-0.4, -0.2) is 42.9 Å².